The number of benzene rings is 2. The molecule has 6 nitrogen and oxygen atoms in total. The summed E-state index contributed by atoms with van der Waals surface area (Å²) in [5, 5.41) is 0. The number of hydrogen-bond donors (Lipinski definition) is 2. The van der Waals surface area contributed by atoms with Crippen molar-refractivity contribution in [3.8, 4) is 22.4 Å². The minimum Gasteiger partial charge on any atom is -0.382 e. The Labute approximate surface area is 169 Å². The number of alkyl halides is 3. The number of anilines is 1. The molecule has 0 unspecified atom stereocenters. The average molecular weight is 440 g/mol. The summed E-state index contributed by atoms with van der Waals surface area (Å²) < 4.78 is 79.8. The Balaban J connectivity index is 2.02. The molecule has 3 N–H and O–H groups in total. The molecule has 3 aromatic rings. The van der Waals surface area contributed by atoms with Crippen LogP contribution < -0.4 is 10.5 Å². The molecule has 0 aliphatic carbocycles. The van der Waals surface area contributed by atoms with Gasteiger partial charge in [0, 0.05) is 11.1 Å². The van der Waals surface area contributed by atoms with E-state index < -0.39 is 33.0 Å². The van der Waals surface area contributed by atoms with Gasteiger partial charge in [-0.1, -0.05) is 24.3 Å². The molecule has 0 aliphatic heterocycles. The first-order chi connectivity index (χ1) is 14.0. The molecule has 0 radical (unpaired) electrons. The Morgan fingerprint density at radius 3 is 2.33 bits per heavy atom. The predicted octanol–water partition coefficient (Wildman–Crippen LogP) is 3.76. The van der Waals surface area contributed by atoms with Crippen LogP contribution in [0, 0.1) is 5.82 Å². The van der Waals surface area contributed by atoms with E-state index in [1.165, 1.54) is 42.7 Å². The molecule has 0 aliphatic rings. The van der Waals surface area contributed by atoms with Gasteiger partial charge in [-0.25, -0.2) is 17.8 Å². The lowest BCUT2D eigenvalue weighted by Gasteiger charge is -2.19. The maximum Gasteiger partial charge on any atom is 0.404 e. The van der Waals surface area contributed by atoms with Crippen LogP contribution >= 0.6 is 0 Å². The van der Waals surface area contributed by atoms with Crippen LogP contribution in [0.2, 0.25) is 0 Å². The lowest BCUT2D eigenvalue weighted by atomic mass is 10.0. The smallest absolute Gasteiger partial charge is 0.382 e. The third-order valence-electron chi connectivity index (χ3n) is 4.23. The molecule has 158 valence electrons. The van der Waals surface area contributed by atoms with Gasteiger partial charge in [0.25, 0.3) is 0 Å². The maximum atomic E-state index is 14.7. The zero-order chi connectivity index (χ0) is 22.1. The maximum absolute atomic E-state index is 14.7. The predicted molar refractivity (Wildman–Crippen MR) is 103 cm³/mol. The molecule has 3 rings (SSSR count). The Morgan fingerprint density at radius 1 is 1.03 bits per heavy atom. The minimum atomic E-state index is -4.75. The number of aromatic nitrogens is 2. The number of rotatable bonds is 5. The van der Waals surface area contributed by atoms with E-state index in [2.05, 4.69) is 9.97 Å². The van der Waals surface area contributed by atoms with Gasteiger partial charge in [0.15, 0.2) is 0 Å². The van der Waals surface area contributed by atoms with Crippen LogP contribution in [0.5, 0.6) is 0 Å². The van der Waals surface area contributed by atoms with Crippen molar-refractivity contribution in [1.29, 1.82) is 0 Å². The van der Waals surface area contributed by atoms with Gasteiger partial charge in [0.2, 0.25) is 10.0 Å². The van der Waals surface area contributed by atoms with E-state index in [1.807, 2.05) is 0 Å². The molecule has 11 heteroatoms. The lowest BCUT2D eigenvalue weighted by molar-refractivity contribution is -0.147. The van der Waals surface area contributed by atoms with E-state index in [0.717, 1.165) is 12.1 Å². The fourth-order valence-corrected chi connectivity index (χ4v) is 4.13. The number of halogens is 4. The highest BCUT2D eigenvalue weighted by Gasteiger charge is 2.39. The van der Waals surface area contributed by atoms with Crippen molar-refractivity contribution in [3.05, 3.63) is 60.7 Å². The fraction of sp³-hybridized carbons (Fsp3) is 0.158. The third-order valence-corrected chi connectivity index (χ3v) is 5.83. The van der Waals surface area contributed by atoms with Crippen molar-refractivity contribution in [3.63, 3.8) is 0 Å². The van der Waals surface area contributed by atoms with Gasteiger partial charge in [-0.2, -0.15) is 17.9 Å². The SMILES string of the molecule is C[C@@H](NS(=O)(=O)c1ccccc1-c1ccc(-c2cnc(N)cn2)c(F)c1)C(F)(F)F. The molecule has 0 saturated heterocycles. The summed E-state index contributed by atoms with van der Waals surface area (Å²) >= 11 is 0. The van der Waals surface area contributed by atoms with Crippen LogP contribution in [-0.4, -0.2) is 30.6 Å². The van der Waals surface area contributed by atoms with E-state index >= 15 is 0 Å². The summed E-state index contributed by atoms with van der Waals surface area (Å²) in [6.07, 6.45) is -2.21. The second-order valence-electron chi connectivity index (χ2n) is 6.40. The standard InChI is InChI=1S/C19H16F4N4O2S/c1-11(19(21,22)23)27-30(28,29)17-5-3-2-4-13(17)12-6-7-14(15(20)8-12)16-9-26-18(24)10-25-16/h2-11,27H,1H3,(H2,24,26)/t11-/m1/s1. The zero-order valence-electron chi connectivity index (χ0n) is 15.5. The first-order valence-corrected chi connectivity index (χ1v) is 10.0. The molecule has 1 aromatic heterocycles. The number of nitrogens with one attached hydrogen (secondary N) is 1. The van der Waals surface area contributed by atoms with Crippen molar-refractivity contribution in [1.82, 2.24) is 14.7 Å². The van der Waals surface area contributed by atoms with Gasteiger partial charge in [-0.05, 0) is 30.7 Å². The largest absolute Gasteiger partial charge is 0.404 e. The van der Waals surface area contributed by atoms with Gasteiger partial charge in [-0.15, -0.1) is 0 Å². The van der Waals surface area contributed by atoms with Gasteiger partial charge < -0.3 is 5.73 Å². The van der Waals surface area contributed by atoms with E-state index in [0.29, 0.717) is 6.92 Å². The monoisotopic (exact) mass is 440 g/mol. The first-order valence-electron chi connectivity index (χ1n) is 8.55. The van der Waals surface area contributed by atoms with Crippen LogP contribution in [0.1, 0.15) is 6.92 Å². The third kappa shape index (κ3) is 4.57. The average Bonchev–Trinajstić information content (AvgIpc) is 2.68. The Morgan fingerprint density at radius 2 is 1.73 bits per heavy atom. The number of nitrogen functional groups attached to an aromatic ring is 1. The Hall–Kier alpha value is -3.05. The normalized spacial score (nSPS) is 13.2. The van der Waals surface area contributed by atoms with E-state index in [1.54, 1.807) is 4.72 Å². The van der Waals surface area contributed by atoms with E-state index in [-0.39, 0.29) is 28.2 Å². The molecule has 30 heavy (non-hydrogen) atoms. The molecular formula is C19H16F4N4O2S. The molecule has 1 heterocycles. The second kappa shape index (κ2) is 8.00. The van der Waals surface area contributed by atoms with Gasteiger partial charge in [0.05, 0.1) is 23.0 Å². The van der Waals surface area contributed by atoms with Crippen molar-refractivity contribution in [2.45, 2.75) is 24.0 Å². The van der Waals surface area contributed by atoms with Crippen molar-refractivity contribution in [2.24, 2.45) is 0 Å². The van der Waals surface area contributed by atoms with Gasteiger partial charge >= 0.3 is 6.18 Å². The summed E-state index contributed by atoms with van der Waals surface area (Å²) in [5.74, 6) is -0.550. The van der Waals surface area contributed by atoms with Crippen LogP contribution in [0.25, 0.3) is 22.4 Å². The van der Waals surface area contributed by atoms with Gasteiger partial charge in [-0.3, -0.25) is 4.98 Å². The molecule has 0 spiro atoms. The molecule has 1 atom stereocenters. The summed E-state index contributed by atoms with van der Waals surface area (Å²) in [6.45, 7) is 0.697. The Kier molecular flexibility index (Phi) is 5.77. The summed E-state index contributed by atoms with van der Waals surface area (Å²) in [7, 11) is -4.53. The van der Waals surface area contributed by atoms with Gasteiger partial charge in [0.1, 0.15) is 17.7 Å². The molecule has 2 aromatic carbocycles. The number of hydrogen-bond acceptors (Lipinski definition) is 5. The summed E-state index contributed by atoms with van der Waals surface area (Å²) in [6, 6.07) is 7.00. The van der Waals surface area contributed by atoms with Crippen LogP contribution in [-0.2, 0) is 10.0 Å². The summed E-state index contributed by atoms with van der Waals surface area (Å²) in [4.78, 5) is 7.42. The highest BCUT2D eigenvalue weighted by Crippen LogP contribution is 2.31. The first kappa shape index (κ1) is 21.7. The van der Waals surface area contributed by atoms with Crippen LogP contribution in [0.3, 0.4) is 0 Å². The number of sulfonamides is 1. The van der Waals surface area contributed by atoms with Crippen molar-refractivity contribution < 1.29 is 26.0 Å². The summed E-state index contributed by atoms with van der Waals surface area (Å²) in [5.41, 5.74) is 6.00. The number of nitrogens with zero attached hydrogens (tertiary/aromatic N) is 2. The number of nitrogens with two attached hydrogens (primary N) is 1. The Bertz CT molecular complexity index is 1170. The molecular weight excluding hydrogens is 424 g/mol. The van der Waals surface area contributed by atoms with E-state index in [4.69, 9.17) is 5.73 Å². The highest BCUT2D eigenvalue weighted by atomic mass is 32.2. The molecule has 0 fully saturated rings. The molecule has 0 bridgehead atoms. The fourth-order valence-electron chi connectivity index (χ4n) is 2.67. The topological polar surface area (TPSA) is 98.0 Å². The minimum absolute atomic E-state index is 0.0493. The lowest BCUT2D eigenvalue weighted by Crippen LogP contribution is -2.43. The zero-order valence-corrected chi connectivity index (χ0v) is 16.3. The second-order valence-corrected chi connectivity index (χ2v) is 8.08. The van der Waals surface area contributed by atoms with E-state index in [9.17, 15) is 26.0 Å². The quantitative estimate of drug-likeness (QED) is 0.589. The van der Waals surface area contributed by atoms with Crippen molar-refractivity contribution in [2.75, 3.05) is 5.73 Å². The molecule has 0 saturated carbocycles. The van der Waals surface area contributed by atoms with Crippen LogP contribution in [0.4, 0.5) is 23.4 Å². The molecule has 0 amide bonds. The van der Waals surface area contributed by atoms with Crippen molar-refractivity contribution >= 4 is 15.8 Å². The highest BCUT2D eigenvalue weighted by molar-refractivity contribution is 7.89. The van der Waals surface area contributed by atoms with Crippen LogP contribution in [0.15, 0.2) is 59.8 Å².